The molecule has 0 amide bonds. The Labute approximate surface area is 332 Å². The maximum Gasteiger partial charge on any atom is 0.0560 e. The fourth-order valence-electron chi connectivity index (χ4n) is 8.29. The van der Waals surface area contributed by atoms with Crippen LogP contribution < -0.4 is 4.90 Å². The average Bonchev–Trinajstić information content (AvgIpc) is 3.67. The largest absolute Gasteiger partial charge is 0.334 e. The molecule has 0 fully saturated rings. The van der Waals surface area contributed by atoms with Crippen LogP contribution in [0.1, 0.15) is 12.0 Å². The number of hydrogen-bond acceptors (Lipinski definition) is 2. The summed E-state index contributed by atoms with van der Waals surface area (Å²) in [6.07, 6.45) is 8.07. The summed E-state index contributed by atoms with van der Waals surface area (Å²) < 4.78 is 2.67. The van der Waals surface area contributed by atoms with E-state index in [9.17, 15) is 0 Å². The maximum atomic E-state index is 2.54. The van der Waals surface area contributed by atoms with Gasteiger partial charge in [0.1, 0.15) is 0 Å². The summed E-state index contributed by atoms with van der Waals surface area (Å²) >= 11 is 1.89. The Morgan fingerprint density at radius 2 is 1.00 bits per heavy atom. The molecule has 0 saturated carbocycles. The van der Waals surface area contributed by atoms with Crippen molar-refractivity contribution < 1.29 is 0 Å². The van der Waals surface area contributed by atoms with Crippen molar-refractivity contribution in [3.05, 3.63) is 224 Å². The first-order chi connectivity index (χ1) is 27.8. The van der Waals surface area contributed by atoms with Gasteiger partial charge in [-0.25, -0.2) is 0 Å². The van der Waals surface area contributed by atoms with E-state index in [1.165, 1.54) is 81.5 Å². The van der Waals surface area contributed by atoms with Crippen LogP contribution in [0, 0.1) is 0 Å². The number of rotatable bonds is 8. The van der Waals surface area contributed by atoms with Crippen LogP contribution in [0.15, 0.2) is 218 Å². The van der Waals surface area contributed by atoms with E-state index in [2.05, 4.69) is 223 Å². The lowest BCUT2D eigenvalue weighted by Gasteiger charge is -2.35. The Kier molecular flexibility index (Phi) is 8.95. The van der Waals surface area contributed by atoms with Gasteiger partial charge in [-0.3, -0.25) is 0 Å². The molecule has 0 radical (unpaired) electrons. The molecular formula is C54H39NS. The Morgan fingerprint density at radius 3 is 1.71 bits per heavy atom. The molecule has 0 saturated heterocycles. The molecule has 56 heavy (non-hydrogen) atoms. The first-order valence-electron chi connectivity index (χ1n) is 19.4. The van der Waals surface area contributed by atoms with Crippen LogP contribution in [0.2, 0.25) is 0 Å². The topological polar surface area (TPSA) is 3.24 Å². The zero-order chi connectivity index (χ0) is 37.3. The molecule has 1 aliphatic rings. The van der Waals surface area contributed by atoms with Crippen molar-refractivity contribution in [1.29, 1.82) is 0 Å². The molecule has 10 rings (SSSR count). The second kappa shape index (κ2) is 14.8. The molecule has 8 aromatic carbocycles. The first-order valence-corrected chi connectivity index (χ1v) is 20.2. The van der Waals surface area contributed by atoms with Gasteiger partial charge in [0.05, 0.1) is 6.04 Å². The van der Waals surface area contributed by atoms with Crippen molar-refractivity contribution in [2.24, 2.45) is 0 Å². The van der Waals surface area contributed by atoms with Crippen LogP contribution in [0.3, 0.4) is 0 Å². The van der Waals surface area contributed by atoms with Crippen molar-refractivity contribution in [3.8, 4) is 44.5 Å². The molecule has 1 heterocycles. The van der Waals surface area contributed by atoms with E-state index in [0.29, 0.717) is 0 Å². The number of anilines is 2. The third kappa shape index (κ3) is 6.34. The van der Waals surface area contributed by atoms with Crippen molar-refractivity contribution in [1.82, 2.24) is 0 Å². The normalized spacial score (nSPS) is 13.9. The van der Waals surface area contributed by atoms with Crippen LogP contribution in [-0.4, -0.2) is 6.04 Å². The first kappa shape index (κ1) is 33.8. The number of benzene rings is 8. The molecule has 266 valence electrons. The van der Waals surface area contributed by atoms with Crippen LogP contribution in [-0.2, 0) is 0 Å². The summed E-state index contributed by atoms with van der Waals surface area (Å²) in [7, 11) is 0. The minimum atomic E-state index is 0.101. The number of nitrogens with zero attached hydrogens (tertiary/aromatic N) is 1. The minimum Gasteiger partial charge on any atom is -0.334 e. The summed E-state index contributed by atoms with van der Waals surface area (Å²) in [5.74, 6) is 0. The van der Waals surface area contributed by atoms with Crippen LogP contribution in [0.4, 0.5) is 11.4 Å². The highest BCUT2D eigenvalue weighted by Crippen LogP contribution is 2.44. The molecule has 0 spiro atoms. The van der Waals surface area contributed by atoms with Crippen molar-refractivity contribution >= 4 is 48.5 Å². The molecule has 2 heteroatoms. The van der Waals surface area contributed by atoms with Gasteiger partial charge < -0.3 is 4.90 Å². The highest BCUT2D eigenvalue weighted by atomic mass is 32.1. The van der Waals surface area contributed by atoms with Gasteiger partial charge in [0.15, 0.2) is 0 Å². The van der Waals surface area contributed by atoms with Crippen molar-refractivity contribution in [3.63, 3.8) is 0 Å². The molecule has 1 atom stereocenters. The predicted octanol–water partition coefficient (Wildman–Crippen LogP) is 15.3. The molecule has 1 unspecified atom stereocenters. The van der Waals surface area contributed by atoms with E-state index in [1.807, 2.05) is 11.3 Å². The number of thiophene rings is 1. The van der Waals surface area contributed by atoms with Crippen LogP contribution >= 0.6 is 11.3 Å². The number of hydrogen-bond donors (Lipinski definition) is 0. The Morgan fingerprint density at radius 1 is 0.429 bits per heavy atom. The lowest BCUT2D eigenvalue weighted by Crippen LogP contribution is -2.30. The van der Waals surface area contributed by atoms with Crippen molar-refractivity contribution in [2.75, 3.05) is 4.90 Å². The van der Waals surface area contributed by atoms with Crippen LogP contribution in [0.5, 0.6) is 0 Å². The van der Waals surface area contributed by atoms with Crippen molar-refractivity contribution in [2.45, 2.75) is 12.5 Å². The molecule has 9 aromatic rings. The van der Waals surface area contributed by atoms with Gasteiger partial charge in [0.2, 0.25) is 0 Å². The fraction of sp³-hybridized carbons (Fsp3) is 0.0370. The van der Waals surface area contributed by atoms with Gasteiger partial charge in [0, 0.05) is 42.7 Å². The molecule has 1 aliphatic carbocycles. The zero-order valence-electron chi connectivity index (χ0n) is 30.9. The lowest BCUT2D eigenvalue weighted by atomic mass is 9.89. The number of fused-ring (bicyclic) bond motifs is 3. The van der Waals surface area contributed by atoms with E-state index < -0.39 is 0 Å². The average molecular weight is 734 g/mol. The zero-order valence-corrected chi connectivity index (χ0v) is 31.7. The van der Waals surface area contributed by atoms with Crippen LogP contribution in [0.25, 0.3) is 70.3 Å². The van der Waals surface area contributed by atoms with Gasteiger partial charge in [-0.15, -0.1) is 11.3 Å². The molecule has 0 N–H and O–H groups in total. The van der Waals surface area contributed by atoms with E-state index in [-0.39, 0.29) is 6.04 Å². The fourth-order valence-corrected chi connectivity index (χ4v) is 9.52. The second-order valence-corrected chi connectivity index (χ2v) is 15.4. The summed E-state index contributed by atoms with van der Waals surface area (Å²) in [5.41, 5.74) is 14.7. The van der Waals surface area contributed by atoms with Gasteiger partial charge in [-0.2, -0.15) is 0 Å². The van der Waals surface area contributed by atoms with Gasteiger partial charge in [-0.05, 0) is 81.3 Å². The summed E-state index contributed by atoms with van der Waals surface area (Å²) in [5, 5.41) is 2.66. The monoisotopic (exact) mass is 733 g/mol. The molecular weight excluding hydrogens is 695 g/mol. The molecule has 1 nitrogen and oxygen atoms in total. The van der Waals surface area contributed by atoms with Gasteiger partial charge in [-0.1, -0.05) is 188 Å². The number of allylic oxidation sites excluding steroid dienone is 2. The van der Waals surface area contributed by atoms with Gasteiger partial charge in [0.25, 0.3) is 0 Å². The Bertz CT molecular complexity index is 2870. The Balaban J connectivity index is 1.07. The third-order valence-electron chi connectivity index (χ3n) is 11.0. The van der Waals surface area contributed by atoms with E-state index in [1.54, 1.807) is 0 Å². The molecule has 1 aromatic heterocycles. The van der Waals surface area contributed by atoms with Gasteiger partial charge >= 0.3 is 0 Å². The highest BCUT2D eigenvalue weighted by molar-refractivity contribution is 7.26. The SMILES string of the molecule is C1=CC(N(c2ccc(-c3ccccc3)cc2)c2ccc(-c3ccccc3)cc2-c2ccccc2)CC=C1c1ccccc1-c1cccc2c1sc1ccccc12. The summed E-state index contributed by atoms with van der Waals surface area (Å²) in [6, 6.07) is 72.8. The van der Waals surface area contributed by atoms with E-state index in [4.69, 9.17) is 0 Å². The molecule has 0 aliphatic heterocycles. The standard InChI is InChI=1S/C54H39NS/c1-4-15-38(16-5-1)40-27-32-44(33-28-40)55(52-36-31-43(39-17-6-2-7-18-39)37-51(52)41-19-8-3-9-20-41)45-34-29-42(30-35-45)46-21-10-11-22-47(46)49-24-14-25-50-48-23-12-13-26-53(48)56-54(49)50/h1-34,36-37,45H,35H2. The van der Waals surface area contributed by atoms with E-state index >= 15 is 0 Å². The smallest absolute Gasteiger partial charge is 0.0560 e. The second-order valence-electron chi connectivity index (χ2n) is 14.4. The quantitative estimate of drug-likeness (QED) is 0.150. The highest BCUT2D eigenvalue weighted by Gasteiger charge is 2.25. The summed E-state index contributed by atoms with van der Waals surface area (Å²) in [6.45, 7) is 0. The maximum absolute atomic E-state index is 2.54. The lowest BCUT2D eigenvalue weighted by molar-refractivity contribution is 0.788. The minimum absolute atomic E-state index is 0.101. The predicted molar refractivity (Wildman–Crippen MR) is 242 cm³/mol. The summed E-state index contributed by atoms with van der Waals surface area (Å²) in [4.78, 5) is 2.54. The van der Waals surface area contributed by atoms with E-state index in [0.717, 1.165) is 12.1 Å². The third-order valence-corrected chi connectivity index (χ3v) is 12.3. The Hall–Kier alpha value is -6.74. The molecule has 0 bridgehead atoms.